The topological polar surface area (TPSA) is 77.1 Å². The second-order valence-corrected chi connectivity index (χ2v) is 7.40. The minimum absolute atomic E-state index is 0.00194. The largest absolute Gasteiger partial charge is 0.497 e. The highest BCUT2D eigenvalue weighted by Gasteiger charge is 2.34. The number of nitrogens with zero attached hydrogens (tertiary/aromatic N) is 1. The summed E-state index contributed by atoms with van der Waals surface area (Å²) >= 11 is 5.27. The van der Waals surface area contributed by atoms with E-state index in [1.807, 2.05) is 30.3 Å². The lowest BCUT2D eigenvalue weighted by Gasteiger charge is -2.29. The number of anilines is 1. The molecule has 0 aromatic heterocycles. The number of amides is 2. The van der Waals surface area contributed by atoms with Crippen LogP contribution in [-0.2, 0) is 9.59 Å². The quantitative estimate of drug-likeness (QED) is 0.335. The Bertz CT molecular complexity index is 1220. The average molecular weight is 461 g/mol. The molecule has 0 radical (unpaired) electrons. The van der Waals surface area contributed by atoms with Gasteiger partial charge in [-0.1, -0.05) is 18.2 Å². The molecule has 33 heavy (non-hydrogen) atoms. The van der Waals surface area contributed by atoms with Gasteiger partial charge in [-0.05, 0) is 72.4 Å². The molecule has 1 aliphatic rings. The van der Waals surface area contributed by atoms with Gasteiger partial charge in [-0.15, -0.1) is 0 Å². The van der Waals surface area contributed by atoms with E-state index in [1.54, 1.807) is 42.5 Å². The van der Waals surface area contributed by atoms with Gasteiger partial charge >= 0.3 is 0 Å². The summed E-state index contributed by atoms with van der Waals surface area (Å²) in [5.41, 5.74) is 1.01. The van der Waals surface area contributed by atoms with E-state index in [9.17, 15) is 9.59 Å². The summed E-state index contributed by atoms with van der Waals surface area (Å²) in [6.45, 7) is 0. The fourth-order valence-electron chi connectivity index (χ4n) is 3.26. The monoisotopic (exact) mass is 460 g/mol. The van der Waals surface area contributed by atoms with Crippen molar-refractivity contribution in [3.63, 3.8) is 0 Å². The molecule has 0 bridgehead atoms. The highest BCUT2D eigenvalue weighted by molar-refractivity contribution is 7.80. The van der Waals surface area contributed by atoms with E-state index >= 15 is 0 Å². The molecule has 8 heteroatoms. The molecule has 7 nitrogen and oxygen atoms in total. The number of carbonyl (C=O) groups is 2. The van der Waals surface area contributed by atoms with Crippen molar-refractivity contribution in [3.8, 4) is 23.0 Å². The molecular weight excluding hydrogens is 440 g/mol. The third-order valence-electron chi connectivity index (χ3n) is 4.86. The summed E-state index contributed by atoms with van der Waals surface area (Å²) < 4.78 is 16.3. The maximum Gasteiger partial charge on any atom is 0.270 e. The number of hydrogen-bond donors (Lipinski definition) is 1. The number of methoxy groups -OCH3 is 2. The van der Waals surface area contributed by atoms with Gasteiger partial charge in [0, 0.05) is 6.07 Å². The predicted octanol–water partition coefficient (Wildman–Crippen LogP) is 4.33. The number of ether oxygens (including phenoxy) is 3. The second kappa shape index (κ2) is 9.54. The Morgan fingerprint density at radius 2 is 1.42 bits per heavy atom. The smallest absolute Gasteiger partial charge is 0.270 e. The van der Waals surface area contributed by atoms with Crippen LogP contribution >= 0.6 is 12.2 Å². The van der Waals surface area contributed by atoms with Gasteiger partial charge in [-0.2, -0.15) is 0 Å². The van der Waals surface area contributed by atoms with Gasteiger partial charge in [-0.25, -0.2) is 0 Å². The normalized spacial score (nSPS) is 14.8. The van der Waals surface area contributed by atoms with Crippen molar-refractivity contribution in [2.24, 2.45) is 0 Å². The SMILES string of the molecule is COc1cc(C=C2C(=O)NC(=S)N(c3ccc(Oc4ccccc4)cc3)C2=O)cc(OC)c1. The van der Waals surface area contributed by atoms with Gasteiger partial charge in [0.05, 0.1) is 19.9 Å². The second-order valence-electron chi connectivity index (χ2n) is 7.01. The zero-order chi connectivity index (χ0) is 23.4. The molecule has 0 spiro atoms. The van der Waals surface area contributed by atoms with E-state index in [2.05, 4.69) is 5.32 Å². The lowest BCUT2D eigenvalue weighted by Crippen LogP contribution is -2.54. The molecule has 3 aromatic carbocycles. The first-order valence-electron chi connectivity index (χ1n) is 9.96. The Morgan fingerprint density at radius 1 is 0.818 bits per heavy atom. The molecule has 166 valence electrons. The van der Waals surface area contributed by atoms with E-state index < -0.39 is 11.8 Å². The minimum atomic E-state index is -0.577. The van der Waals surface area contributed by atoms with Crippen LogP contribution in [0, 0.1) is 0 Å². The molecule has 1 fully saturated rings. The van der Waals surface area contributed by atoms with Crippen molar-refractivity contribution < 1.29 is 23.8 Å². The van der Waals surface area contributed by atoms with Crippen LogP contribution in [-0.4, -0.2) is 31.1 Å². The molecule has 0 saturated carbocycles. The third-order valence-corrected chi connectivity index (χ3v) is 5.14. The summed E-state index contributed by atoms with van der Waals surface area (Å²) in [7, 11) is 3.05. The van der Waals surface area contributed by atoms with Crippen LogP contribution < -0.4 is 24.4 Å². The maximum atomic E-state index is 13.3. The van der Waals surface area contributed by atoms with Crippen LogP contribution in [0.1, 0.15) is 5.56 Å². The van der Waals surface area contributed by atoms with E-state index in [0.717, 1.165) is 0 Å². The molecule has 3 aromatic rings. The number of carbonyl (C=O) groups excluding carboxylic acids is 2. The standard InChI is InChI=1S/C25H20N2O5S/c1-30-20-12-16(13-21(15-20)31-2)14-22-23(28)26-25(33)27(24(22)29)17-8-10-19(11-9-17)32-18-6-4-3-5-7-18/h3-15H,1-2H3,(H,26,28,33). The molecule has 1 saturated heterocycles. The van der Waals surface area contributed by atoms with Gasteiger partial charge in [0.25, 0.3) is 11.8 Å². The Labute approximate surface area is 196 Å². The van der Waals surface area contributed by atoms with Gasteiger partial charge in [-0.3, -0.25) is 19.8 Å². The van der Waals surface area contributed by atoms with E-state index in [4.69, 9.17) is 26.4 Å². The third kappa shape index (κ3) is 4.86. The molecule has 2 amide bonds. The number of thiocarbonyl (C=S) groups is 1. The average Bonchev–Trinajstić information content (AvgIpc) is 2.83. The molecule has 4 rings (SSSR count). The van der Waals surface area contributed by atoms with Crippen molar-refractivity contribution in [1.82, 2.24) is 5.32 Å². The van der Waals surface area contributed by atoms with Crippen LogP contribution in [0.15, 0.2) is 78.4 Å². The molecule has 0 aliphatic carbocycles. The Hall–Kier alpha value is -4.17. The van der Waals surface area contributed by atoms with Crippen molar-refractivity contribution in [2.45, 2.75) is 0 Å². The highest BCUT2D eigenvalue weighted by Crippen LogP contribution is 2.28. The number of rotatable bonds is 6. The fourth-order valence-corrected chi connectivity index (χ4v) is 3.54. The van der Waals surface area contributed by atoms with Crippen molar-refractivity contribution in [1.29, 1.82) is 0 Å². The zero-order valence-corrected chi connectivity index (χ0v) is 18.7. The summed E-state index contributed by atoms with van der Waals surface area (Å²) in [5.74, 6) is 1.25. The van der Waals surface area contributed by atoms with E-state index in [0.29, 0.717) is 34.2 Å². The van der Waals surface area contributed by atoms with Gasteiger partial charge in [0.2, 0.25) is 0 Å². The number of nitrogens with one attached hydrogen (secondary N) is 1. The minimum Gasteiger partial charge on any atom is -0.497 e. The Kier molecular flexibility index (Phi) is 6.37. The zero-order valence-electron chi connectivity index (χ0n) is 17.9. The first-order chi connectivity index (χ1) is 16.0. The number of para-hydroxylation sites is 1. The van der Waals surface area contributed by atoms with Crippen molar-refractivity contribution in [3.05, 3.63) is 83.9 Å². The molecule has 0 unspecified atom stereocenters. The summed E-state index contributed by atoms with van der Waals surface area (Å²) in [5, 5.41) is 2.58. The summed E-state index contributed by atoms with van der Waals surface area (Å²) in [6, 6.07) is 21.3. The lowest BCUT2D eigenvalue weighted by molar-refractivity contribution is -0.122. The van der Waals surface area contributed by atoms with Crippen LogP contribution in [0.4, 0.5) is 5.69 Å². The fraction of sp³-hybridized carbons (Fsp3) is 0.0800. The van der Waals surface area contributed by atoms with Crippen LogP contribution in [0.2, 0.25) is 0 Å². The molecule has 0 atom stereocenters. The summed E-state index contributed by atoms with van der Waals surface area (Å²) in [4.78, 5) is 27.1. The molecule has 1 aliphatic heterocycles. The van der Waals surface area contributed by atoms with Crippen LogP contribution in [0.5, 0.6) is 23.0 Å². The van der Waals surface area contributed by atoms with Crippen molar-refractivity contribution >= 4 is 40.9 Å². The lowest BCUT2D eigenvalue weighted by atomic mass is 10.1. The van der Waals surface area contributed by atoms with Gasteiger partial charge in [0.1, 0.15) is 28.6 Å². The molecule has 1 N–H and O–H groups in total. The highest BCUT2D eigenvalue weighted by atomic mass is 32.1. The van der Waals surface area contributed by atoms with Crippen molar-refractivity contribution in [2.75, 3.05) is 19.1 Å². The first-order valence-corrected chi connectivity index (χ1v) is 10.4. The van der Waals surface area contributed by atoms with Crippen LogP contribution in [0.25, 0.3) is 6.08 Å². The Morgan fingerprint density at radius 3 is 2.03 bits per heavy atom. The number of benzene rings is 3. The summed E-state index contributed by atoms with van der Waals surface area (Å²) in [6.07, 6.45) is 1.48. The van der Waals surface area contributed by atoms with Gasteiger partial charge in [0.15, 0.2) is 5.11 Å². The first kappa shape index (κ1) is 22.0. The van der Waals surface area contributed by atoms with E-state index in [-0.39, 0.29) is 10.7 Å². The Balaban J connectivity index is 1.62. The van der Waals surface area contributed by atoms with E-state index in [1.165, 1.54) is 25.2 Å². The number of hydrogen-bond acceptors (Lipinski definition) is 6. The van der Waals surface area contributed by atoms with Crippen LogP contribution in [0.3, 0.4) is 0 Å². The molecular formula is C25H20N2O5S. The van der Waals surface area contributed by atoms with Gasteiger partial charge < -0.3 is 14.2 Å². The molecule has 1 heterocycles. The maximum absolute atomic E-state index is 13.3. The predicted molar refractivity (Wildman–Crippen MR) is 129 cm³/mol.